The maximum atomic E-state index is 12.0. The first-order valence-corrected chi connectivity index (χ1v) is 13.4. The third kappa shape index (κ3) is 6.43. The van der Waals surface area contributed by atoms with Gasteiger partial charge in [0, 0.05) is 44.3 Å². The van der Waals surface area contributed by atoms with E-state index in [1.54, 1.807) is 0 Å². The molecule has 34 heavy (non-hydrogen) atoms. The highest BCUT2D eigenvalue weighted by atomic mass is 16.7. The topological polar surface area (TPSA) is 63.2 Å². The Morgan fingerprint density at radius 3 is 2.53 bits per heavy atom. The van der Waals surface area contributed by atoms with E-state index in [9.17, 15) is 4.79 Å². The van der Waals surface area contributed by atoms with Crippen molar-refractivity contribution < 1.29 is 28.5 Å². The van der Waals surface area contributed by atoms with Crippen LogP contribution in [0.5, 0.6) is 0 Å². The van der Waals surface area contributed by atoms with E-state index in [2.05, 4.69) is 44.8 Å². The molecule has 6 heteroatoms. The van der Waals surface area contributed by atoms with Crippen LogP contribution in [0.4, 0.5) is 0 Å². The molecular weight excluding hydrogens is 432 g/mol. The highest BCUT2D eigenvalue weighted by molar-refractivity contribution is 5.72. The van der Waals surface area contributed by atoms with Crippen molar-refractivity contribution in [2.45, 2.75) is 115 Å². The van der Waals surface area contributed by atoms with Gasteiger partial charge in [-0.3, -0.25) is 4.79 Å². The van der Waals surface area contributed by atoms with Crippen molar-refractivity contribution in [2.24, 2.45) is 17.8 Å². The van der Waals surface area contributed by atoms with Gasteiger partial charge in [-0.25, -0.2) is 0 Å². The molecule has 1 saturated carbocycles. The summed E-state index contributed by atoms with van der Waals surface area (Å²) in [4.78, 5) is 12.0. The maximum Gasteiger partial charge on any atom is 0.306 e. The normalized spacial score (nSPS) is 36.4. The Labute approximate surface area is 205 Å². The molecule has 3 unspecified atom stereocenters. The third-order valence-corrected chi connectivity index (χ3v) is 7.88. The van der Waals surface area contributed by atoms with Crippen LogP contribution < -0.4 is 0 Å². The van der Waals surface area contributed by atoms with Crippen LogP contribution in [0.1, 0.15) is 85.0 Å². The molecule has 1 aliphatic carbocycles. The Kier molecular flexibility index (Phi) is 9.09. The lowest BCUT2D eigenvalue weighted by molar-refractivity contribution is -0.218. The third-order valence-electron chi connectivity index (χ3n) is 7.88. The van der Waals surface area contributed by atoms with Crippen molar-refractivity contribution in [1.29, 1.82) is 0 Å². The molecule has 0 bridgehead atoms. The first-order valence-electron chi connectivity index (χ1n) is 13.4. The van der Waals surface area contributed by atoms with Crippen molar-refractivity contribution in [2.75, 3.05) is 13.2 Å². The highest BCUT2D eigenvalue weighted by Crippen LogP contribution is 2.45. The van der Waals surface area contributed by atoms with Crippen molar-refractivity contribution in [3.05, 3.63) is 12.2 Å². The summed E-state index contributed by atoms with van der Waals surface area (Å²) in [6, 6.07) is 0. The fourth-order valence-electron chi connectivity index (χ4n) is 5.59. The van der Waals surface area contributed by atoms with Crippen molar-refractivity contribution in [1.82, 2.24) is 0 Å². The fraction of sp³-hybridized carbons (Fsp3) is 0.821. The second kappa shape index (κ2) is 12.0. The molecule has 4 fully saturated rings. The lowest BCUT2D eigenvalue weighted by Gasteiger charge is -2.38. The van der Waals surface area contributed by atoms with Gasteiger partial charge >= 0.3 is 5.97 Å². The minimum Gasteiger partial charge on any atom is -0.462 e. The predicted molar refractivity (Wildman–Crippen MR) is 129 cm³/mol. The molecule has 3 heterocycles. The molecule has 4 aliphatic rings. The van der Waals surface area contributed by atoms with Crippen LogP contribution in [-0.2, 0) is 28.5 Å². The number of fused-ring (bicyclic) bond motifs is 1. The van der Waals surface area contributed by atoms with Crippen molar-refractivity contribution in [3.8, 4) is 11.8 Å². The van der Waals surface area contributed by atoms with Gasteiger partial charge < -0.3 is 23.7 Å². The number of carbonyl (C=O) groups is 1. The van der Waals surface area contributed by atoms with Gasteiger partial charge in [-0.2, -0.15) is 0 Å². The smallest absolute Gasteiger partial charge is 0.306 e. The van der Waals surface area contributed by atoms with Gasteiger partial charge in [0.25, 0.3) is 0 Å². The van der Waals surface area contributed by atoms with Gasteiger partial charge in [0.2, 0.25) is 0 Å². The quantitative estimate of drug-likeness (QED) is 0.276. The molecule has 0 amide bonds. The molecule has 0 aromatic rings. The molecule has 8 atom stereocenters. The van der Waals surface area contributed by atoms with Crippen LogP contribution in [0, 0.1) is 29.6 Å². The molecule has 0 radical (unpaired) electrons. The molecule has 4 rings (SSSR count). The van der Waals surface area contributed by atoms with Gasteiger partial charge in [-0.05, 0) is 51.4 Å². The number of hydrogen-bond donors (Lipinski definition) is 0. The number of esters is 1. The second-order valence-electron chi connectivity index (χ2n) is 10.4. The molecule has 3 saturated heterocycles. The Morgan fingerprint density at radius 1 is 1.12 bits per heavy atom. The fourth-order valence-corrected chi connectivity index (χ4v) is 5.59. The second-order valence-corrected chi connectivity index (χ2v) is 10.4. The summed E-state index contributed by atoms with van der Waals surface area (Å²) in [6.45, 7) is 7.91. The summed E-state index contributed by atoms with van der Waals surface area (Å²) in [5.41, 5.74) is -0.530. The van der Waals surface area contributed by atoms with E-state index in [0.717, 1.165) is 71.0 Å². The molecule has 6 nitrogen and oxygen atoms in total. The lowest BCUT2D eigenvalue weighted by Crippen LogP contribution is -2.40. The van der Waals surface area contributed by atoms with Crippen LogP contribution in [-0.4, -0.2) is 49.6 Å². The molecule has 0 aromatic heterocycles. The zero-order valence-corrected chi connectivity index (χ0v) is 21.1. The Morgan fingerprint density at radius 2 is 1.85 bits per heavy atom. The lowest BCUT2D eigenvalue weighted by atomic mass is 9.84. The largest absolute Gasteiger partial charge is 0.462 e. The molecule has 0 N–H and O–H groups in total. The number of rotatable bonds is 8. The molecule has 0 spiro atoms. The summed E-state index contributed by atoms with van der Waals surface area (Å²) < 4.78 is 30.5. The molecule has 0 aromatic carbocycles. The van der Waals surface area contributed by atoms with Gasteiger partial charge in [-0.15, -0.1) is 11.8 Å². The highest BCUT2D eigenvalue weighted by Gasteiger charge is 2.50. The zero-order valence-electron chi connectivity index (χ0n) is 21.1. The monoisotopic (exact) mass is 474 g/mol. The Hall–Kier alpha value is -1.39. The van der Waals surface area contributed by atoms with Crippen molar-refractivity contribution >= 4 is 5.97 Å². The molecular formula is C28H42O6. The maximum absolute atomic E-state index is 12.0. The van der Waals surface area contributed by atoms with Crippen LogP contribution in [0.3, 0.4) is 0 Å². The first-order chi connectivity index (χ1) is 16.5. The van der Waals surface area contributed by atoms with Crippen LogP contribution in [0.25, 0.3) is 0 Å². The summed E-state index contributed by atoms with van der Waals surface area (Å²) in [6.07, 6.45) is 13.0. The van der Waals surface area contributed by atoms with Crippen LogP contribution >= 0.6 is 0 Å². The zero-order chi connectivity index (χ0) is 24.0. The molecule has 3 aliphatic heterocycles. The van der Waals surface area contributed by atoms with E-state index in [1.807, 2.05) is 0 Å². The van der Waals surface area contributed by atoms with Gasteiger partial charge in [0.1, 0.15) is 6.10 Å². The van der Waals surface area contributed by atoms with Gasteiger partial charge in [0.15, 0.2) is 12.6 Å². The SMILES string of the molecule is CCC#CCC(C)[C@@](C)(C=C[C@@H]1[C@H]2CC(=O)O[C@H]2C[C@H]1OC1CCCCO1)OC1CCCCO1. The minimum absolute atomic E-state index is 0.0205. The number of ether oxygens (including phenoxy) is 5. The van der Waals surface area contributed by atoms with Crippen molar-refractivity contribution in [3.63, 3.8) is 0 Å². The van der Waals surface area contributed by atoms with E-state index >= 15 is 0 Å². The molecule has 190 valence electrons. The summed E-state index contributed by atoms with van der Waals surface area (Å²) >= 11 is 0. The minimum atomic E-state index is -0.530. The van der Waals surface area contributed by atoms with E-state index in [4.69, 9.17) is 23.7 Å². The average molecular weight is 475 g/mol. The van der Waals surface area contributed by atoms with E-state index in [-0.39, 0.29) is 48.5 Å². The number of carbonyl (C=O) groups excluding carboxylic acids is 1. The van der Waals surface area contributed by atoms with E-state index < -0.39 is 5.60 Å². The van der Waals surface area contributed by atoms with Crippen LogP contribution in [0.2, 0.25) is 0 Å². The predicted octanol–water partition coefficient (Wildman–Crippen LogP) is 5.15. The summed E-state index contributed by atoms with van der Waals surface area (Å²) in [7, 11) is 0. The first kappa shape index (κ1) is 25.7. The Balaban J connectivity index is 1.52. The summed E-state index contributed by atoms with van der Waals surface area (Å²) in [5.74, 6) is 6.81. The number of hydrogen-bond acceptors (Lipinski definition) is 6. The Bertz CT molecular complexity index is 757. The van der Waals surface area contributed by atoms with E-state index in [0.29, 0.717) is 6.42 Å². The average Bonchev–Trinajstić information content (AvgIpc) is 3.34. The van der Waals surface area contributed by atoms with Gasteiger partial charge in [-0.1, -0.05) is 26.0 Å². The summed E-state index contributed by atoms with van der Waals surface area (Å²) in [5, 5.41) is 0. The van der Waals surface area contributed by atoms with Gasteiger partial charge in [0.05, 0.1) is 18.1 Å². The standard InChI is InChI=1S/C28H42O6/c1-4-5-6-11-20(2)28(3,34-27-13-8-10-17-31-27)15-14-21-22-18-25(29)32-24(22)19-23(21)33-26-12-7-9-16-30-26/h14-15,20-24,26-27H,4,7-13,16-19H2,1-3H3/t20?,21-,22-,23-,24+,26?,27?,28-/m1/s1. The van der Waals surface area contributed by atoms with E-state index in [1.165, 1.54) is 0 Å². The van der Waals surface area contributed by atoms with Crippen LogP contribution in [0.15, 0.2) is 12.2 Å².